The monoisotopic (exact) mass is 294 g/mol. The normalized spacial score (nSPS) is 16.1. The van der Waals surface area contributed by atoms with E-state index in [1.54, 1.807) is 0 Å². The second-order valence-electron chi connectivity index (χ2n) is 4.69. The Hall–Kier alpha value is -1.66. The lowest BCUT2D eigenvalue weighted by Crippen LogP contribution is -2.19. The standard InChI is InChI=1S/C13H11F5O2/c1-20-11(19)7-4-9(12(14,15)8-2-3-8)6-10(5-7)13(16,17)18/h4-6,8H,2-3H2,1H3. The highest BCUT2D eigenvalue weighted by atomic mass is 19.4. The molecule has 1 aromatic carbocycles. The van der Waals surface area contributed by atoms with E-state index >= 15 is 0 Å². The van der Waals surface area contributed by atoms with E-state index in [0.717, 1.165) is 13.2 Å². The van der Waals surface area contributed by atoms with Crippen molar-refractivity contribution in [2.45, 2.75) is 24.9 Å². The number of benzene rings is 1. The van der Waals surface area contributed by atoms with E-state index in [4.69, 9.17) is 0 Å². The molecule has 0 aliphatic heterocycles. The Kier molecular flexibility index (Phi) is 3.47. The Morgan fingerprint density at radius 2 is 1.65 bits per heavy atom. The van der Waals surface area contributed by atoms with Crippen molar-refractivity contribution in [1.29, 1.82) is 0 Å². The van der Waals surface area contributed by atoms with Crippen molar-refractivity contribution in [2.75, 3.05) is 7.11 Å². The molecule has 1 saturated carbocycles. The molecule has 0 unspecified atom stereocenters. The van der Waals surface area contributed by atoms with Gasteiger partial charge in [0.15, 0.2) is 0 Å². The van der Waals surface area contributed by atoms with Crippen LogP contribution in [0, 0.1) is 5.92 Å². The Morgan fingerprint density at radius 1 is 1.10 bits per heavy atom. The average molecular weight is 294 g/mol. The summed E-state index contributed by atoms with van der Waals surface area (Å²) < 4.78 is 70.3. The van der Waals surface area contributed by atoms with Crippen molar-refractivity contribution < 1.29 is 31.5 Å². The van der Waals surface area contributed by atoms with Crippen LogP contribution in [0.3, 0.4) is 0 Å². The van der Waals surface area contributed by atoms with E-state index in [2.05, 4.69) is 4.74 Å². The molecule has 1 aromatic rings. The minimum atomic E-state index is -4.81. The first-order chi connectivity index (χ1) is 9.16. The van der Waals surface area contributed by atoms with E-state index in [9.17, 15) is 26.7 Å². The second-order valence-corrected chi connectivity index (χ2v) is 4.69. The van der Waals surface area contributed by atoms with Gasteiger partial charge in [0.05, 0.1) is 18.2 Å². The fourth-order valence-electron chi connectivity index (χ4n) is 1.90. The average Bonchev–Trinajstić information content (AvgIpc) is 3.20. The topological polar surface area (TPSA) is 26.3 Å². The summed E-state index contributed by atoms with van der Waals surface area (Å²) in [5, 5.41) is 0. The maximum Gasteiger partial charge on any atom is 0.416 e. The van der Waals surface area contributed by atoms with Crippen LogP contribution in [0.1, 0.15) is 34.3 Å². The van der Waals surface area contributed by atoms with Crippen LogP contribution in [0.4, 0.5) is 22.0 Å². The number of alkyl halides is 5. The molecular weight excluding hydrogens is 283 g/mol. The summed E-state index contributed by atoms with van der Waals surface area (Å²) >= 11 is 0. The lowest BCUT2D eigenvalue weighted by molar-refractivity contribution is -0.137. The molecule has 7 heteroatoms. The number of methoxy groups -OCH3 is 1. The quantitative estimate of drug-likeness (QED) is 0.622. The fraction of sp³-hybridized carbons (Fsp3) is 0.462. The Bertz CT molecular complexity index is 532. The van der Waals surface area contributed by atoms with Crippen molar-refractivity contribution in [3.05, 3.63) is 34.9 Å². The first kappa shape index (κ1) is 14.7. The van der Waals surface area contributed by atoms with Gasteiger partial charge in [-0.25, -0.2) is 13.6 Å². The first-order valence-corrected chi connectivity index (χ1v) is 5.85. The summed E-state index contributed by atoms with van der Waals surface area (Å²) in [4.78, 5) is 11.3. The van der Waals surface area contributed by atoms with E-state index < -0.39 is 40.7 Å². The lowest BCUT2D eigenvalue weighted by atomic mass is 9.98. The number of ether oxygens (including phenoxy) is 1. The summed E-state index contributed by atoms with van der Waals surface area (Å²) in [7, 11) is 0.974. The predicted molar refractivity (Wildman–Crippen MR) is 59.4 cm³/mol. The van der Waals surface area contributed by atoms with Crippen LogP contribution in [-0.2, 0) is 16.8 Å². The van der Waals surface area contributed by atoms with Crippen LogP contribution < -0.4 is 0 Å². The van der Waals surface area contributed by atoms with E-state index in [1.165, 1.54) is 0 Å². The van der Waals surface area contributed by atoms with E-state index in [-0.39, 0.29) is 12.8 Å². The van der Waals surface area contributed by atoms with Crippen LogP contribution in [0.2, 0.25) is 0 Å². The Labute approximate surface area is 111 Å². The fourth-order valence-corrected chi connectivity index (χ4v) is 1.90. The van der Waals surface area contributed by atoms with Crippen LogP contribution in [-0.4, -0.2) is 13.1 Å². The van der Waals surface area contributed by atoms with Crippen LogP contribution in [0.5, 0.6) is 0 Å². The molecule has 0 aromatic heterocycles. The van der Waals surface area contributed by atoms with Crippen LogP contribution in [0.25, 0.3) is 0 Å². The molecule has 0 bridgehead atoms. The molecule has 2 nitrogen and oxygen atoms in total. The molecule has 2 rings (SSSR count). The zero-order valence-corrected chi connectivity index (χ0v) is 10.4. The third kappa shape index (κ3) is 2.76. The third-order valence-electron chi connectivity index (χ3n) is 3.16. The van der Waals surface area contributed by atoms with Crippen molar-refractivity contribution in [3.8, 4) is 0 Å². The van der Waals surface area contributed by atoms with Gasteiger partial charge in [-0.1, -0.05) is 0 Å². The number of hydrogen-bond donors (Lipinski definition) is 0. The molecule has 0 N–H and O–H groups in total. The van der Waals surface area contributed by atoms with Gasteiger partial charge < -0.3 is 4.74 Å². The van der Waals surface area contributed by atoms with Gasteiger partial charge in [0.1, 0.15) is 0 Å². The molecule has 0 atom stereocenters. The number of hydrogen-bond acceptors (Lipinski definition) is 2. The Balaban J connectivity index is 2.53. The SMILES string of the molecule is COC(=O)c1cc(C(F)(F)F)cc(C(F)(F)C2CC2)c1. The third-order valence-corrected chi connectivity index (χ3v) is 3.16. The van der Waals surface area contributed by atoms with Gasteiger partial charge in [0.25, 0.3) is 5.92 Å². The van der Waals surface area contributed by atoms with Crippen molar-refractivity contribution in [1.82, 2.24) is 0 Å². The predicted octanol–water partition coefficient (Wildman–Crippen LogP) is 3.99. The minimum absolute atomic E-state index is 0.261. The van der Waals surface area contributed by atoms with Gasteiger partial charge in [-0.2, -0.15) is 13.2 Å². The number of esters is 1. The molecule has 110 valence electrons. The lowest BCUT2D eigenvalue weighted by Gasteiger charge is -2.19. The van der Waals surface area contributed by atoms with Gasteiger partial charge in [0, 0.05) is 11.5 Å². The maximum absolute atomic E-state index is 13.9. The summed E-state index contributed by atoms with van der Waals surface area (Å²) in [6.45, 7) is 0. The van der Waals surface area contributed by atoms with E-state index in [0.29, 0.717) is 12.1 Å². The molecule has 0 radical (unpaired) electrons. The molecule has 0 heterocycles. The molecule has 1 fully saturated rings. The summed E-state index contributed by atoms with van der Waals surface area (Å²) in [6.07, 6.45) is -4.29. The zero-order valence-electron chi connectivity index (χ0n) is 10.4. The van der Waals surface area contributed by atoms with Gasteiger partial charge in [-0.3, -0.25) is 0 Å². The van der Waals surface area contributed by atoms with E-state index in [1.807, 2.05) is 0 Å². The highest BCUT2D eigenvalue weighted by Crippen LogP contribution is 2.50. The van der Waals surface area contributed by atoms with Gasteiger partial charge in [-0.05, 0) is 31.0 Å². The molecule has 0 amide bonds. The van der Waals surface area contributed by atoms with Crippen LogP contribution >= 0.6 is 0 Å². The molecular formula is C13H11F5O2. The largest absolute Gasteiger partial charge is 0.465 e. The van der Waals surface area contributed by atoms with Crippen molar-refractivity contribution in [3.63, 3.8) is 0 Å². The van der Waals surface area contributed by atoms with Crippen molar-refractivity contribution in [2.24, 2.45) is 5.92 Å². The minimum Gasteiger partial charge on any atom is -0.465 e. The second kappa shape index (κ2) is 4.71. The summed E-state index contributed by atoms with van der Waals surface area (Å²) in [5.74, 6) is -5.41. The first-order valence-electron chi connectivity index (χ1n) is 5.85. The van der Waals surface area contributed by atoms with Gasteiger partial charge in [0.2, 0.25) is 0 Å². The Morgan fingerprint density at radius 3 is 2.10 bits per heavy atom. The number of carbonyl (C=O) groups excluding carboxylic acids is 1. The van der Waals surface area contributed by atoms with Crippen molar-refractivity contribution >= 4 is 5.97 Å². The zero-order chi connectivity index (χ0) is 15.1. The molecule has 0 spiro atoms. The van der Waals surface area contributed by atoms with Gasteiger partial charge in [-0.15, -0.1) is 0 Å². The number of rotatable bonds is 3. The maximum atomic E-state index is 13.9. The highest BCUT2D eigenvalue weighted by Gasteiger charge is 2.49. The van der Waals surface area contributed by atoms with Crippen LogP contribution in [0.15, 0.2) is 18.2 Å². The smallest absolute Gasteiger partial charge is 0.416 e. The summed E-state index contributed by atoms with van der Waals surface area (Å²) in [6, 6.07) is 1.67. The number of carbonyl (C=O) groups is 1. The summed E-state index contributed by atoms with van der Waals surface area (Å²) in [5.41, 5.74) is -2.61. The van der Waals surface area contributed by atoms with Gasteiger partial charge >= 0.3 is 12.1 Å². The molecule has 20 heavy (non-hydrogen) atoms. The molecule has 0 saturated heterocycles. The highest BCUT2D eigenvalue weighted by molar-refractivity contribution is 5.89. The molecule has 1 aliphatic carbocycles. The molecule has 1 aliphatic rings. The number of halogens is 5.